The quantitative estimate of drug-likeness (QED) is 0.711. The van der Waals surface area contributed by atoms with E-state index in [0.29, 0.717) is 5.92 Å². The van der Waals surface area contributed by atoms with Gasteiger partial charge in [-0.25, -0.2) is 4.68 Å². The van der Waals surface area contributed by atoms with Crippen LogP contribution in [0, 0.1) is 12.8 Å². The van der Waals surface area contributed by atoms with Crippen molar-refractivity contribution in [1.82, 2.24) is 25.2 Å². The van der Waals surface area contributed by atoms with Gasteiger partial charge >= 0.3 is 0 Å². The molecule has 0 bridgehead atoms. The number of pyridine rings is 1. The molecule has 154 valence electrons. The third kappa shape index (κ3) is 3.83. The van der Waals surface area contributed by atoms with E-state index in [1.54, 1.807) is 0 Å². The van der Waals surface area contributed by atoms with Gasteiger partial charge in [0.15, 0.2) is 6.04 Å². The molecule has 2 N–H and O–H groups in total. The number of nitrogens with one attached hydrogen (secondary N) is 2. The van der Waals surface area contributed by atoms with Crippen LogP contribution in [0.3, 0.4) is 0 Å². The number of likely N-dealkylation sites (tertiary alicyclic amines) is 1. The second-order valence-electron chi connectivity index (χ2n) is 9.56. The molecule has 3 heterocycles. The van der Waals surface area contributed by atoms with Gasteiger partial charge in [0.1, 0.15) is 0 Å². The molecule has 0 spiro atoms. The zero-order valence-corrected chi connectivity index (χ0v) is 18.0. The standard InChI is InChI=1S/C22H30N6O/c1-14-8-9-18-16(11-14)12-17(21(29)23-18)19(27-10-6-7-15(2)13-27)20-24-25-26-28(20)22(3,4)5/h8-9,11-12,15,19H,6-7,10,13H2,1-5H3,(H,23,29)/p+1/t15-,19-/m0/s1. The fourth-order valence-corrected chi connectivity index (χ4v) is 4.54. The molecule has 2 aromatic heterocycles. The lowest BCUT2D eigenvalue weighted by atomic mass is 9.95. The van der Waals surface area contributed by atoms with Crippen molar-refractivity contribution in [2.75, 3.05) is 13.1 Å². The molecule has 0 aliphatic carbocycles. The van der Waals surface area contributed by atoms with Crippen molar-refractivity contribution in [2.45, 2.75) is 59.0 Å². The van der Waals surface area contributed by atoms with Gasteiger partial charge in [-0.2, -0.15) is 0 Å². The van der Waals surface area contributed by atoms with Crippen molar-refractivity contribution in [3.05, 3.63) is 51.6 Å². The SMILES string of the molecule is Cc1ccc2[nH]c(=O)c([C@@H](c3nnnn3C(C)(C)C)[NH+]3CCC[C@H](C)C3)cc2c1. The largest absolute Gasteiger partial charge is 0.322 e. The average Bonchev–Trinajstić information content (AvgIpc) is 3.13. The maximum absolute atomic E-state index is 13.2. The Bertz CT molecular complexity index is 1080. The van der Waals surface area contributed by atoms with Gasteiger partial charge < -0.3 is 9.88 Å². The summed E-state index contributed by atoms with van der Waals surface area (Å²) in [5.74, 6) is 1.38. The normalized spacial score (nSPS) is 21.4. The predicted octanol–water partition coefficient (Wildman–Crippen LogP) is 1.98. The second-order valence-corrected chi connectivity index (χ2v) is 9.56. The van der Waals surface area contributed by atoms with Crippen LogP contribution in [0.15, 0.2) is 29.1 Å². The van der Waals surface area contributed by atoms with Gasteiger partial charge in [-0.1, -0.05) is 18.6 Å². The number of piperidine rings is 1. The Morgan fingerprint density at radius 1 is 1.28 bits per heavy atom. The van der Waals surface area contributed by atoms with E-state index in [4.69, 9.17) is 0 Å². The monoisotopic (exact) mass is 395 g/mol. The van der Waals surface area contributed by atoms with Gasteiger partial charge in [0.25, 0.3) is 5.56 Å². The van der Waals surface area contributed by atoms with E-state index in [9.17, 15) is 4.79 Å². The van der Waals surface area contributed by atoms with Crippen LogP contribution in [-0.2, 0) is 5.54 Å². The van der Waals surface area contributed by atoms with Gasteiger partial charge in [-0.05, 0) is 74.5 Å². The first kappa shape index (κ1) is 19.8. The van der Waals surface area contributed by atoms with E-state index in [1.165, 1.54) is 16.9 Å². The Labute approximate surface area is 171 Å². The van der Waals surface area contributed by atoms with Crippen LogP contribution >= 0.6 is 0 Å². The summed E-state index contributed by atoms with van der Waals surface area (Å²) in [6, 6.07) is 7.96. The lowest BCUT2D eigenvalue weighted by Gasteiger charge is -2.34. The van der Waals surface area contributed by atoms with Crippen LogP contribution < -0.4 is 10.5 Å². The maximum Gasteiger partial charge on any atom is 0.258 e. The average molecular weight is 396 g/mol. The fourth-order valence-electron chi connectivity index (χ4n) is 4.54. The summed E-state index contributed by atoms with van der Waals surface area (Å²) in [5.41, 5.74) is 2.46. The second kappa shape index (κ2) is 7.37. The van der Waals surface area contributed by atoms with Crippen molar-refractivity contribution < 1.29 is 4.90 Å². The molecular weight excluding hydrogens is 364 g/mol. The number of benzene rings is 1. The number of fused-ring (bicyclic) bond motifs is 1. The number of nitrogens with zero attached hydrogens (tertiary/aromatic N) is 4. The minimum Gasteiger partial charge on any atom is -0.322 e. The first-order valence-electron chi connectivity index (χ1n) is 10.5. The highest BCUT2D eigenvalue weighted by molar-refractivity contribution is 5.79. The van der Waals surface area contributed by atoms with E-state index < -0.39 is 0 Å². The highest BCUT2D eigenvalue weighted by Crippen LogP contribution is 2.24. The number of hydrogen-bond acceptors (Lipinski definition) is 4. The molecule has 0 saturated carbocycles. The summed E-state index contributed by atoms with van der Waals surface area (Å²) in [5, 5.41) is 13.7. The summed E-state index contributed by atoms with van der Waals surface area (Å²) >= 11 is 0. The van der Waals surface area contributed by atoms with Gasteiger partial charge in [0.2, 0.25) is 5.82 Å². The lowest BCUT2D eigenvalue weighted by Crippen LogP contribution is -3.14. The summed E-state index contributed by atoms with van der Waals surface area (Å²) in [4.78, 5) is 17.6. The van der Waals surface area contributed by atoms with Gasteiger partial charge in [0.05, 0.1) is 24.2 Å². The molecule has 0 radical (unpaired) electrons. The molecule has 4 rings (SSSR count). The molecule has 1 saturated heterocycles. The highest BCUT2D eigenvalue weighted by Gasteiger charge is 2.38. The number of H-pyrrole nitrogens is 1. The minimum absolute atomic E-state index is 0.0551. The van der Waals surface area contributed by atoms with Crippen molar-refractivity contribution in [3.63, 3.8) is 0 Å². The fraction of sp³-hybridized carbons (Fsp3) is 0.545. The van der Waals surface area contributed by atoms with E-state index in [-0.39, 0.29) is 17.1 Å². The van der Waals surface area contributed by atoms with Crippen molar-refractivity contribution in [2.24, 2.45) is 5.92 Å². The first-order chi connectivity index (χ1) is 13.7. The molecule has 3 aromatic rings. The van der Waals surface area contributed by atoms with Gasteiger partial charge in [-0.3, -0.25) is 4.79 Å². The molecule has 29 heavy (non-hydrogen) atoms. The van der Waals surface area contributed by atoms with Crippen LogP contribution in [0.1, 0.15) is 63.5 Å². The summed E-state index contributed by atoms with van der Waals surface area (Å²) in [6.07, 6.45) is 2.38. The van der Waals surface area contributed by atoms with Crippen LogP contribution in [0.25, 0.3) is 10.9 Å². The number of rotatable bonds is 3. The summed E-state index contributed by atoms with van der Waals surface area (Å²) in [6.45, 7) is 12.6. The molecular formula is C22H31N6O+. The van der Waals surface area contributed by atoms with E-state index in [0.717, 1.165) is 41.8 Å². The van der Waals surface area contributed by atoms with Crippen LogP contribution in [0.2, 0.25) is 0 Å². The van der Waals surface area contributed by atoms with E-state index >= 15 is 0 Å². The Balaban J connectivity index is 1.92. The summed E-state index contributed by atoms with van der Waals surface area (Å²) < 4.78 is 1.88. The lowest BCUT2D eigenvalue weighted by molar-refractivity contribution is -0.934. The predicted molar refractivity (Wildman–Crippen MR) is 113 cm³/mol. The highest BCUT2D eigenvalue weighted by atomic mass is 16.1. The van der Waals surface area contributed by atoms with E-state index in [2.05, 4.69) is 61.2 Å². The number of aromatic amines is 1. The Morgan fingerprint density at radius 2 is 2.07 bits per heavy atom. The molecule has 1 unspecified atom stereocenters. The molecule has 1 fully saturated rings. The van der Waals surface area contributed by atoms with Crippen LogP contribution in [0.4, 0.5) is 0 Å². The Morgan fingerprint density at radius 3 is 2.79 bits per heavy atom. The molecule has 7 nitrogen and oxygen atoms in total. The first-order valence-corrected chi connectivity index (χ1v) is 10.5. The zero-order chi connectivity index (χ0) is 20.8. The molecule has 1 aromatic carbocycles. The zero-order valence-electron chi connectivity index (χ0n) is 18.0. The summed E-state index contributed by atoms with van der Waals surface area (Å²) in [7, 11) is 0. The third-order valence-electron chi connectivity index (χ3n) is 5.94. The van der Waals surface area contributed by atoms with Crippen molar-refractivity contribution >= 4 is 10.9 Å². The number of quaternary nitrogens is 1. The maximum atomic E-state index is 13.2. The molecule has 7 heteroatoms. The smallest absolute Gasteiger partial charge is 0.258 e. The number of hydrogen-bond donors (Lipinski definition) is 2. The van der Waals surface area contributed by atoms with Crippen LogP contribution in [-0.4, -0.2) is 38.3 Å². The van der Waals surface area contributed by atoms with Crippen molar-refractivity contribution in [1.29, 1.82) is 0 Å². The van der Waals surface area contributed by atoms with E-state index in [1.807, 2.05) is 22.9 Å². The minimum atomic E-state index is -0.266. The number of tetrazole rings is 1. The topological polar surface area (TPSA) is 80.9 Å². The molecule has 3 atom stereocenters. The van der Waals surface area contributed by atoms with Crippen LogP contribution in [0.5, 0.6) is 0 Å². The van der Waals surface area contributed by atoms with Gasteiger partial charge in [0, 0.05) is 11.4 Å². The van der Waals surface area contributed by atoms with Crippen molar-refractivity contribution in [3.8, 4) is 0 Å². The van der Waals surface area contributed by atoms with Gasteiger partial charge in [-0.15, -0.1) is 5.10 Å². The molecule has 1 aliphatic heterocycles. The number of aryl methyl sites for hydroxylation is 1. The molecule has 1 aliphatic rings. The third-order valence-corrected chi connectivity index (χ3v) is 5.94. The number of aromatic nitrogens is 5. The molecule has 0 amide bonds. The Hall–Kier alpha value is -2.54. The Kier molecular flexibility index (Phi) is 5.02.